The summed E-state index contributed by atoms with van der Waals surface area (Å²) in [6.45, 7) is 5.31. The number of rotatable bonds is 5. The van der Waals surface area contributed by atoms with Crippen LogP contribution in [-0.2, 0) is 4.79 Å². The molecule has 0 aliphatic carbocycles. The van der Waals surface area contributed by atoms with Crippen molar-refractivity contribution < 1.29 is 18.8 Å². The van der Waals surface area contributed by atoms with Crippen molar-refractivity contribution in [3.8, 4) is 5.75 Å². The first-order valence-corrected chi connectivity index (χ1v) is 8.56. The molecule has 1 atom stereocenters. The van der Waals surface area contributed by atoms with Gasteiger partial charge in [0.1, 0.15) is 11.5 Å². The van der Waals surface area contributed by atoms with E-state index in [2.05, 4.69) is 10.5 Å². The Morgan fingerprint density at radius 1 is 1.04 bits per heavy atom. The molecule has 0 radical (unpaired) electrons. The zero-order valence-electron chi connectivity index (χ0n) is 15.4. The molecule has 138 valence electrons. The lowest BCUT2D eigenvalue weighted by Crippen LogP contribution is -2.17. The van der Waals surface area contributed by atoms with Gasteiger partial charge in [0.05, 0.1) is 11.6 Å². The van der Waals surface area contributed by atoms with Crippen LogP contribution >= 0.6 is 0 Å². The molecule has 27 heavy (non-hydrogen) atoms. The number of anilines is 1. The van der Waals surface area contributed by atoms with Crippen LogP contribution in [0.2, 0.25) is 0 Å². The highest BCUT2D eigenvalue weighted by Gasteiger charge is 2.24. The average molecular weight is 364 g/mol. The molecular weight excluding hydrogens is 344 g/mol. The Bertz CT molecular complexity index is 927. The molecule has 1 N–H and O–H groups in total. The Morgan fingerprint density at radius 3 is 2.30 bits per heavy atom. The predicted octanol–water partition coefficient (Wildman–Crippen LogP) is 4.25. The molecule has 1 aromatic heterocycles. The van der Waals surface area contributed by atoms with Gasteiger partial charge in [-0.15, -0.1) is 0 Å². The third-order valence-electron chi connectivity index (χ3n) is 4.24. The van der Waals surface area contributed by atoms with E-state index in [1.165, 1.54) is 0 Å². The molecule has 6 nitrogen and oxygen atoms in total. The van der Waals surface area contributed by atoms with E-state index in [9.17, 15) is 9.59 Å². The molecule has 2 aromatic carbocycles. The maximum absolute atomic E-state index is 12.4. The van der Waals surface area contributed by atoms with Crippen molar-refractivity contribution in [1.82, 2.24) is 5.16 Å². The molecule has 3 rings (SSSR count). The summed E-state index contributed by atoms with van der Waals surface area (Å²) in [6.07, 6.45) is 0. The number of nitrogens with zero attached hydrogens (tertiary/aromatic N) is 1. The number of hydrogen-bond acceptors (Lipinski definition) is 5. The van der Waals surface area contributed by atoms with Crippen LogP contribution in [0.4, 0.5) is 5.69 Å². The molecule has 0 bridgehead atoms. The van der Waals surface area contributed by atoms with Crippen LogP contribution in [0.15, 0.2) is 59.1 Å². The quantitative estimate of drug-likeness (QED) is 0.540. The maximum Gasteiger partial charge on any atom is 0.318 e. The van der Waals surface area contributed by atoms with E-state index in [1.54, 1.807) is 69.3 Å². The first-order valence-electron chi connectivity index (χ1n) is 8.56. The zero-order valence-corrected chi connectivity index (χ0v) is 15.4. The first kappa shape index (κ1) is 18.4. The van der Waals surface area contributed by atoms with Crippen molar-refractivity contribution in [2.75, 3.05) is 5.32 Å². The largest absolute Gasteiger partial charge is 0.426 e. The predicted molar refractivity (Wildman–Crippen MR) is 101 cm³/mol. The SMILES string of the molecule is Cc1noc(C)c1C(C)C(=O)Oc1ccc(NC(=O)c2ccccc2)cc1. The minimum absolute atomic E-state index is 0.202. The summed E-state index contributed by atoms with van der Waals surface area (Å²) in [5, 5.41) is 6.67. The van der Waals surface area contributed by atoms with Crippen molar-refractivity contribution in [3.05, 3.63) is 77.2 Å². The van der Waals surface area contributed by atoms with Gasteiger partial charge in [-0.1, -0.05) is 23.4 Å². The van der Waals surface area contributed by atoms with Gasteiger partial charge in [-0.2, -0.15) is 0 Å². The van der Waals surface area contributed by atoms with Gasteiger partial charge in [0.25, 0.3) is 5.91 Å². The first-order chi connectivity index (χ1) is 13.0. The lowest BCUT2D eigenvalue weighted by molar-refractivity contribution is -0.135. The number of hydrogen-bond donors (Lipinski definition) is 1. The van der Waals surface area contributed by atoms with Crippen molar-refractivity contribution >= 4 is 17.6 Å². The van der Waals surface area contributed by atoms with Crippen LogP contribution in [-0.4, -0.2) is 17.0 Å². The second-order valence-electron chi connectivity index (χ2n) is 6.23. The lowest BCUT2D eigenvalue weighted by atomic mass is 10.00. The number of aryl methyl sites for hydroxylation is 2. The van der Waals surface area contributed by atoms with Crippen LogP contribution in [0.3, 0.4) is 0 Å². The van der Waals surface area contributed by atoms with E-state index >= 15 is 0 Å². The number of carbonyl (C=O) groups excluding carboxylic acids is 2. The number of benzene rings is 2. The van der Waals surface area contributed by atoms with Crippen molar-refractivity contribution in [3.63, 3.8) is 0 Å². The zero-order chi connectivity index (χ0) is 19.4. The highest BCUT2D eigenvalue weighted by molar-refractivity contribution is 6.04. The monoisotopic (exact) mass is 364 g/mol. The van der Waals surface area contributed by atoms with E-state index in [0.717, 1.165) is 5.56 Å². The molecule has 3 aromatic rings. The van der Waals surface area contributed by atoms with Crippen LogP contribution < -0.4 is 10.1 Å². The Hall–Kier alpha value is -3.41. The number of esters is 1. The molecule has 1 unspecified atom stereocenters. The number of amides is 1. The van der Waals surface area contributed by atoms with Crippen LogP contribution in [0.25, 0.3) is 0 Å². The molecular formula is C21H20N2O4. The van der Waals surface area contributed by atoms with E-state index < -0.39 is 11.9 Å². The van der Waals surface area contributed by atoms with E-state index in [-0.39, 0.29) is 5.91 Å². The minimum Gasteiger partial charge on any atom is -0.426 e. The third-order valence-corrected chi connectivity index (χ3v) is 4.24. The molecule has 6 heteroatoms. The molecule has 1 heterocycles. The summed E-state index contributed by atoms with van der Waals surface area (Å²) in [5.41, 5.74) is 2.60. The summed E-state index contributed by atoms with van der Waals surface area (Å²) >= 11 is 0. The van der Waals surface area contributed by atoms with Gasteiger partial charge in [-0.3, -0.25) is 9.59 Å². The standard InChI is InChI=1S/C21H20N2O4/c1-13(19-14(2)23-27-15(19)3)21(25)26-18-11-9-17(10-12-18)22-20(24)16-7-5-4-6-8-16/h4-13H,1-3H3,(H,22,24). The Morgan fingerprint density at radius 2 is 1.70 bits per heavy atom. The van der Waals surface area contributed by atoms with Crippen molar-refractivity contribution in [2.45, 2.75) is 26.7 Å². The fourth-order valence-corrected chi connectivity index (χ4v) is 2.83. The molecule has 0 aliphatic rings. The topological polar surface area (TPSA) is 81.4 Å². The lowest BCUT2D eigenvalue weighted by Gasteiger charge is -2.11. The molecule has 0 spiro atoms. The number of ether oxygens (including phenoxy) is 1. The van der Waals surface area contributed by atoms with E-state index in [0.29, 0.717) is 28.5 Å². The summed E-state index contributed by atoms with van der Waals surface area (Å²) in [7, 11) is 0. The number of carbonyl (C=O) groups is 2. The molecule has 0 fully saturated rings. The Kier molecular flexibility index (Phi) is 5.35. The normalized spacial score (nSPS) is 11.7. The smallest absolute Gasteiger partial charge is 0.318 e. The fraction of sp³-hybridized carbons (Fsp3) is 0.190. The second-order valence-corrected chi connectivity index (χ2v) is 6.23. The van der Waals surface area contributed by atoms with Crippen LogP contribution in [0.5, 0.6) is 5.75 Å². The Balaban J connectivity index is 1.64. The highest BCUT2D eigenvalue weighted by Crippen LogP contribution is 2.25. The van der Waals surface area contributed by atoms with Gasteiger partial charge < -0.3 is 14.6 Å². The van der Waals surface area contributed by atoms with Crippen molar-refractivity contribution in [1.29, 1.82) is 0 Å². The minimum atomic E-state index is -0.492. The van der Waals surface area contributed by atoms with Gasteiger partial charge in [0.15, 0.2) is 0 Å². The Labute approximate surface area is 157 Å². The fourth-order valence-electron chi connectivity index (χ4n) is 2.83. The van der Waals surface area contributed by atoms with E-state index in [1.807, 2.05) is 6.07 Å². The number of aromatic nitrogens is 1. The molecule has 0 saturated heterocycles. The molecule has 1 amide bonds. The summed E-state index contributed by atoms with van der Waals surface area (Å²) in [5.74, 6) is -0.0844. The van der Waals surface area contributed by atoms with E-state index in [4.69, 9.17) is 9.26 Å². The maximum atomic E-state index is 12.4. The molecule has 0 aliphatic heterocycles. The van der Waals surface area contributed by atoms with Gasteiger partial charge in [-0.05, 0) is 57.2 Å². The van der Waals surface area contributed by atoms with Gasteiger partial charge in [0, 0.05) is 16.8 Å². The number of nitrogens with one attached hydrogen (secondary N) is 1. The van der Waals surface area contributed by atoms with Gasteiger partial charge in [0.2, 0.25) is 0 Å². The summed E-state index contributed by atoms with van der Waals surface area (Å²) in [4.78, 5) is 24.6. The van der Waals surface area contributed by atoms with Crippen LogP contribution in [0.1, 0.15) is 40.2 Å². The van der Waals surface area contributed by atoms with Crippen LogP contribution in [0, 0.1) is 13.8 Å². The van der Waals surface area contributed by atoms with Gasteiger partial charge >= 0.3 is 5.97 Å². The third kappa shape index (κ3) is 4.23. The summed E-state index contributed by atoms with van der Waals surface area (Å²) < 4.78 is 10.5. The van der Waals surface area contributed by atoms with Crippen molar-refractivity contribution in [2.24, 2.45) is 0 Å². The average Bonchev–Trinajstić information content (AvgIpc) is 3.01. The second kappa shape index (κ2) is 7.86. The highest BCUT2D eigenvalue weighted by atomic mass is 16.5. The van der Waals surface area contributed by atoms with Gasteiger partial charge in [-0.25, -0.2) is 0 Å². The summed E-state index contributed by atoms with van der Waals surface area (Å²) in [6, 6.07) is 15.6. The molecule has 0 saturated carbocycles.